The van der Waals surface area contributed by atoms with E-state index in [-0.39, 0.29) is 19.1 Å². The molecule has 0 aliphatic heterocycles. The molecule has 0 fully saturated rings. The third kappa shape index (κ3) is 6.17. The van der Waals surface area contributed by atoms with Crippen molar-refractivity contribution in [1.29, 1.82) is 0 Å². The number of benzene rings is 1. The fourth-order valence-electron chi connectivity index (χ4n) is 1.98. The molecule has 2 atom stereocenters. The Morgan fingerprint density at radius 2 is 1.85 bits per heavy atom. The fourth-order valence-corrected chi connectivity index (χ4v) is 1.98. The van der Waals surface area contributed by atoms with Crippen LogP contribution in [0.15, 0.2) is 24.3 Å². The van der Waals surface area contributed by atoms with Gasteiger partial charge in [-0.25, -0.2) is 0 Å². The molecule has 0 bridgehead atoms. The maximum Gasteiger partial charge on any atom is 0.306 e. The van der Waals surface area contributed by atoms with Crippen molar-refractivity contribution < 1.29 is 19.7 Å². The van der Waals surface area contributed by atoms with Crippen molar-refractivity contribution in [2.45, 2.75) is 45.8 Å². The molecule has 0 spiro atoms. The fraction of sp³-hybridized carbons (Fsp3) is 0.562. The molecule has 20 heavy (non-hydrogen) atoms. The van der Waals surface area contributed by atoms with E-state index in [0.717, 1.165) is 11.1 Å². The highest BCUT2D eigenvalue weighted by Crippen LogP contribution is 2.16. The average Bonchev–Trinajstić information content (AvgIpc) is 2.38. The molecule has 1 aromatic rings. The molecule has 4 nitrogen and oxygen atoms in total. The third-order valence-electron chi connectivity index (χ3n) is 3.13. The lowest BCUT2D eigenvalue weighted by Crippen LogP contribution is -2.26. The van der Waals surface area contributed by atoms with Crippen LogP contribution in [0, 0.1) is 12.8 Å². The second kappa shape index (κ2) is 8.02. The lowest BCUT2D eigenvalue weighted by Gasteiger charge is -2.18. The van der Waals surface area contributed by atoms with Gasteiger partial charge in [0.2, 0.25) is 0 Å². The first-order chi connectivity index (χ1) is 9.38. The summed E-state index contributed by atoms with van der Waals surface area (Å²) in [6.07, 6.45) is -0.0847. The summed E-state index contributed by atoms with van der Waals surface area (Å²) in [4.78, 5) is 11.3. The minimum atomic E-state index is -0.880. The number of carbonyl (C=O) groups is 1. The first kappa shape index (κ1) is 16.7. The van der Waals surface area contributed by atoms with Crippen LogP contribution in [0.25, 0.3) is 0 Å². The number of aliphatic hydroxyl groups is 1. The zero-order chi connectivity index (χ0) is 15.1. The molecule has 4 heteroatoms. The highest BCUT2D eigenvalue weighted by atomic mass is 16.5. The molecule has 0 aromatic heterocycles. The smallest absolute Gasteiger partial charge is 0.306 e. The van der Waals surface area contributed by atoms with E-state index in [4.69, 9.17) is 4.74 Å². The van der Waals surface area contributed by atoms with Gasteiger partial charge in [-0.1, -0.05) is 29.8 Å². The van der Waals surface area contributed by atoms with Crippen LogP contribution >= 0.6 is 0 Å². The summed E-state index contributed by atoms with van der Waals surface area (Å²) in [6.45, 7) is 5.93. The molecule has 0 saturated heterocycles. The Labute approximate surface area is 120 Å². The van der Waals surface area contributed by atoms with Gasteiger partial charge in [0.15, 0.2) is 0 Å². The van der Waals surface area contributed by atoms with Crippen LogP contribution in [0.2, 0.25) is 0 Å². The van der Waals surface area contributed by atoms with Crippen LogP contribution in [-0.2, 0) is 16.0 Å². The van der Waals surface area contributed by atoms with Gasteiger partial charge < -0.3 is 14.9 Å². The predicted molar refractivity (Wildman–Crippen MR) is 77.7 cm³/mol. The summed E-state index contributed by atoms with van der Waals surface area (Å²) >= 11 is 0. The first-order valence-corrected chi connectivity index (χ1v) is 6.96. The maximum absolute atomic E-state index is 11.3. The maximum atomic E-state index is 11.3. The third-order valence-corrected chi connectivity index (χ3v) is 3.13. The molecule has 0 aliphatic carbocycles. The Hall–Kier alpha value is -1.39. The molecular weight excluding hydrogens is 256 g/mol. The Morgan fingerprint density at radius 1 is 1.25 bits per heavy atom. The minimum Gasteiger partial charge on any atom is -0.481 e. The zero-order valence-corrected chi connectivity index (χ0v) is 12.4. The standard InChI is InChI=1S/C16H24O4/c1-11(2)20-10-15(17)9-14(16(18)19)8-13-6-4-12(3)5-7-13/h4-7,11,14-15,17H,8-10H2,1-3H3,(H,18,19). The second-order valence-electron chi connectivity index (χ2n) is 5.50. The van der Waals surface area contributed by atoms with E-state index in [1.807, 2.05) is 45.0 Å². The van der Waals surface area contributed by atoms with Crippen LogP contribution < -0.4 is 0 Å². The lowest BCUT2D eigenvalue weighted by atomic mass is 9.93. The molecule has 0 heterocycles. The predicted octanol–water partition coefficient (Wildman–Crippen LogP) is 2.41. The molecule has 0 aliphatic rings. The van der Waals surface area contributed by atoms with E-state index < -0.39 is 18.0 Å². The molecule has 0 amide bonds. The summed E-state index contributed by atoms with van der Waals surface area (Å²) in [5.74, 6) is -1.47. The van der Waals surface area contributed by atoms with Gasteiger partial charge in [-0.05, 0) is 39.2 Å². The summed E-state index contributed by atoms with van der Waals surface area (Å²) in [5.41, 5.74) is 2.12. The zero-order valence-electron chi connectivity index (χ0n) is 12.4. The number of hydrogen-bond acceptors (Lipinski definition) is 3. The van der Waals surface area contributed by atoms with E-state index >= 15 is 0 Å². The Morgan fingerprint density at radius 3 is 2.35 bits per heavy atom. The van der Waals surface area contributed by atoms with Gasteiger partial charge >= 0.3 is 5.97 Å². The largest absolute Gasteiger partial charge is 0.481 e. The summed E-state index contributed by atoms with van der Waals surface area (Å²) < 4.78 is 5.31. The van der Waals surface area contributed by atoms with Crippen LogP contribution in [0.4, 0.5) is 0 Å². The lowest BCUT2D eigenvalue weighted by molar-refractivity contribution is -0.143. The highest BCUT2D eigenvalue weighted by Gasteiger charge is 2.22. The Bertz CT molecular complexity index is 411. The number of ether oxygens (including phenoxy) is 1. The van der Waals surface area contributed by atoms with Crippen molar-refractivity contribution in [3.63, 3.8) is 0 Å². The van der Waals surface area contributed by atoms with Gasteiger partial charge in [-0.2, -0.15) is 0 Å². The molecule has 0 saturated carbocycles. The van der Waals surface area contributed by atoms with Crippen LogP contribution in [0.5, 0.6) is 0 Å². The van der Waals surface area contributed by atoms with Crippen molar-refractivity contribution in [1.82, 2.24) is 0 Å². The van der Waals surface area contributed by atoms with Gasteiger partial charge in [0.1, 0.15) is 0 Å². The molecule has 112 valence electrons. The molecule has 1 rings (SSSR count). The number of rotatable bonds is 8. The molecule has 1 aromatic carbocycles. The molecule has 2 unspecified atom stereocenters. The summed E-state index contributed by atoms with van der Waals surface area (Å²) in [5, 5.41) is 19.1. The Kier molecular flexibility index (Phi) is 6.68. The van der Waals surface area contributed by atoms with Gasteiger partial charge in [-0.3, -0.25) is 4.79 Å². The number of hydrogen-bond donors (Lipinski definition) is 2. The number of carboxylic acid groups (broad SMARTS) is 1. The molecule has 2 N–H and O–H groups in total. The minimum absolute atomic E-state index is 0.0324. The van der Waals surface area contributed by atoms with Gasteiger partial charge in [-0.15, -0.1) is 0 Å². The molecule has 0 radical (unpaired) electrons. The van der Waals surface area contributed by atoms with E-state index in [0.29, 0.717) is 6.42 Å². The molecular formula is C16H24O4. The van der Waals surface area contributed by atoms with E-state index in [1.54, 1.807) is 0 Å². The van der Waals surface area contributed by atoms with Crippen LogP contribution in [-0.4, -0.2) is 35.0 Å². The Balaban J connectivity index is 2.56. The van der Waals surface area contributed by atoms with Crippen molar-refractivity contribution in [3.8, 4) is 0 Å². The van der Waals surface area contributed by atoms with E-state index in [1.165, 1.54) is 0 Å². The highest BCUT2D eigenvalue weighted by molar-refractivity contribution is 5.70. The second-order valence-corrected chi connectivity index (χ2v) is 5.50. The van der Waals surface area contributed by atoms with Gasteiger partial charge in [0.25, 0.3) is 0 Å². The first-order valence-electron chi connectivity index (χ1n) is 6.96. The topological polar surface area (TPSA) is 66.8 Å². The SMILES string of the molecule is Cc1ccc(CC(CC(O)COC(C)C)C(=O)O)cc1. The van der Waals surface area contributed by atoms with Crippen molar-refractivity contribution in [2.24, 2.45) is 5.92 Å². The normalized spacial score (nSPS) is 14.2. The monoisotopic (exact) mass is 280 g/mol. The number of aryl methyl sites for hydroxylation is 1. The summed E-state index contributed by atoms with van der Waals surface area (Å²) in [7, 11) is 0. The van der Waals surface area contributed by atoms with E-state index in [2.05, 4.69) is 0 Å². The number of carboxylic acids is 1. The van der Waals surface area contributed by atoms with Crippen molar-refractivity contribution in [2.75, 3.05) is 6.61 Å². The van der Waals surface area contributed by atoms with Crippen LogP contribution in [0.3, 0.4) is 0 Å². The average molecular weight is 280 g/mol. The van der Waals surface area contributed by atoms with Crippen LogP contribution in [0.1, 0.15) is 31.4 Å². The van der Waals surface area contributed by atoms with Crippen molar-refractivity contribution >= 4 is 5.97 Å². The van der Waals surface area contributed by atoms with E-state index in [9.17, 15) is 15.0 Å². The van der Waals surface area contributed by atoms with Gasteiger partial charge in [0, 0.05) is 0 Å². The summed E-state index contributed by atoms with van der Waals surface area (Å²) in [6, 6.07) is 7.80. The van der Waals surface area contributed by atoms with Crippen molar-refractivity contribution in [3.05, 3.63) is 35.4 Å². The number of aliphatic carboxylic acids is 1. The van der Waals surface area contributed by atoms with Gasteiger partial charge in [0.05, 0.1) is 24.7 Å². The quantitative estimate of drug-likeness (QED) is 0.767. The number of aliphatic hydroxyl groups excluding tert-OH is 1.